The van der Waals surface area contributed by atoms with Crippen molar-refractivity contribution in [2.24, 2.45) is 0 Å². The molecule has 0 unspecified atom stereocenters. The van der Waals surface area contributed by atoms with E-state index in [2.05, 4.69) is 84.9 Å². The Hall–Kier alpha value is -0.597. The van der Waals surface area contributed by atoms with Gasteiger partial charge in [0, 0.05) is 38.9 Å². The van der Waals surface area contributed by atoms with E-state index in [0.717, 1.165) is 27.6 Å². The SMILES string of the molecule is CC1(C)OB(c2cc(C(=O)Cl)ccc2C(Br)Br)OC1(C)C.COc1cccc(C(=O)NN(C(=O)c2ccc(C(Br)Br)c(B3OC(C)(C)C(C)(C)O3)c2)C(C)(C)C)c1C.COc1cccc(C(=O)NNC(C)(C)C)c1C.O=CO[O-].[H-].[K+].[K+]. The van der Waals surface area contributed by atoms with Gasteiger partial charge in [0.25, 0.3) is 29.4 Å². The van der Waals surface area contributed by atoms with Crippen molar-refractivity contribution in [2.45, 2.75) is 152 Å². The summed E-state index contributed by atoms with van der Waals surface area (Å²) in [6.07, 6.45) is 0. The van der Waals surface area contributed by atoms with Crippen LogP contribution >= 0.6 is 75.3 Å². The number of hydrogen-bond acceptors (Lipinski definition) is 14. The molecule has 17 nitrogen and oxygen atoms in total. The zero-order chi connectivity index (χ0) is 60.4. The van der Waals surface area contributed by atoms with E-state index >= 15 is 0 Å². The Morgan fingerprint density at radius 1 is 0.654 bits per heavy atom. The minimum atomic E-state index is -0.712. The predicted octanol–water partition coefficient (Wildman–Crippen LogP) is 4.42. The van der Waals surface area contributed by atoms with Gasteiger partial charge in [-0.2, -0.15) is 0 Å². The maximum atomic E-state index is 13.9. The van der Waals surface area contributed by atoms with Gasteiger partial charge in [0.1, 0.15) is 11.5 Å². The summed E-state index contributed by atoms with van der Waals surface area (Å²) in [5, 5.41) is 9.29. The summed E-state index contributed by atoms with van der Waals surface area (Å²) in [6.45, 7) is 30.9. The Morgan fingerprint density at radius 2 is 1.01 bits per heavy atom. The van der Waals surface area contributed by atoms with Crippen molar-refractivity contribution < 1.29 is 166 Å². The van der Waals surface area contributed by atoms with Crippen LogP contribution in [0, 0.1) is 13.8 Å². The molecule has 2 aliphatic rings. The molecular formula is C55H73B2Br4ClK2N4O13. The molecule has 2 heterocycles. The molecule has 434 valence electrons. The van der Waals surface area contributed by atoms with E-state index in [4.69, 9.17) is 49.7 Å². The van der Waals surface area contributed by atoms with E-state index in [9.17, 15) is 19.2 Å². The molecule has 3 N–H and O–H groups in total. The number of ether oxygens (including phenoxy) is 2. The summed E-state index contributed by atoms with van der Waals surface area (Å²) in [7, 11) is 1.94. The second-order valence-electron chi connectivity index (χ2n) is 22.3. The van der Waals surface area contributed by atoms with Crippen molar-refractivity contribution in [1.29, 1.82) is 0 Å². The molecule has 81 heavy (non-hydrogen) atoms. The Bertz CT molecular complexity index is 2800. The van der Waals surface area contributed by atoms with Gasteiger partial charge < -0.3 is 39.7 Å². The van der Waals surface area contributed by atoms with Crippen LogP contribution < -0.4 is 145 Å². The Labute approximate surface area is 603 Å². The van der Waals surface area contributed by atoms with Gasteiger partial charge in [-0.25, -0.2) is 10.4 Å². The number of benzene rings is 4. The van der Waals surface area contributed by atoms with Crippen LogP contribution in [0.3, 0.4) is 0 Å². The summed E-state index contributed by atoms with van der Waals surface area (Å²) in [6, 6.07) is 21.3. The second-order valence-corrected chi connectivity index (χ2v) is 28.7. The number of carbonyl (C=O) groups is 5. The monoisotopic (exact) mass is 1450 g/mol. The Kier molecular flexibility index (Phi) is 32.1. The number of hydrazine groups is 2. The fourth-order valence-corrected chi connectivity index (χ4v) is 9.22. The van der Waals surface area contributed by atoms with Crippen LogP contribution in [-0.4, -0.2) is 96.4 Å². The normalized spacial score (nSPS) is 15.4. The number of amides is 3. The summed E-state index contributed by atoms with van der Waals surface area (Å²) in [5.41, 5.74) is 12.3. The number of nitrogens with zero attached hydrogens (tertiary/aromatic N) is 1. The summed E-state index contributed by atoms with van der Waals surface area (Å²) in [4.78, 5) is 61.7. The molecule has 3 amide bonds. The minimum Gasteiger partial charge on any atom is -1.00 e. The number of rotatable bonds is 12. The molecule has 4 aromatic rings. The maximum Gasteiger partial charge on any atom is 1.00 e. The average Bonchev–Trinajstić information content (AvgIpc) is 3.72. The number of hydrogen-bond donors (Lipinski definition) is 3. The van der Waals surface area contributed by atoms with Crippen molar-refractivity contribution >= 4 is 130 Å². The first-order chi connectivity index (χ1) is 36.3. The number of carbonyl (C=O) groups excluding carboxylic acids is 5. The summed E-state index contributed by atoms with van der Waals surface area (Å²) < 4.78 is 35.0. The third-order valence-corrected chi connectivity index (χ3v) is 15.5. The fourth-order valence-electron chi connectivity index (χ4n) is 7.44. The van der Waals surface area contributed by atoms with Crippen molar-refractivity contribution in [2.75, 3.05) is 14.2 Å². The first-order valence-corrected chi connectivity index (χ1v) is 28.8. The molecule has 4 aromatic carbocycles. The smallest absolute Gasteiger partial charge is 1.00 e. The molecule has 6 rings (SSSR count). The van der Waals surface area contributed by atoms with Crippen LogP contribution in [0.15, 0.2) is 72.8 Å². The quantitative estimate of drug-likeness (QED) is 0.0448. The van der Waals surface area contributed by atoms with E-state index in [1.165, 1.54) is 5.01 Å². The van der Waals surface area contributed by atoms with Crippen LogP contribution in [-0.2, 0) is 28.3 Å². The average molecular weight is 1450 g/mol. The largest absolute Gasteiger partial charge is 1.00 e. The van der Waals surface area contributed by atoms with Gasteiger partial charge in [-0.05, 0) is 193 Å². The van der Waals surface area contributed by atoms with Crippen LogP contribution in [0.1, 0.15) is 170 Å². The van der Waals surface area contributed by atoms with Crippen molar-refractivity contribution in [3.63, 3.8) is 0 Å². The van der Waals surface area contributed by atoms with Gasteiger partial charge in [-0.1, -0.05) is 88.0 Å². The first-order valence-electron chi connectivity index (χ1n) is 24.8. The topological polar surface area (TPSA) is 212 Å². The molecule has 2 fully saturated rings. The molecule has 0 bridgehead atoms. The fraction of sp³-hybridized carbons (Fsp3) is 0.473. The van der Waals surface area contributed by atoms with Gasteiger partial charge in [0.15, 0.2) is 0 Å². The van der Waals surface area contributed by atoms with E-state index in [-0.39, 0.29) is 135 Å². The van der Waals surface area contributed by atoms with Crippen molar-refractivity contribution in [1.82, 2.24) is 21.3 Å². The third kappa shape index (κ3) is 21.6. The Balaban J connectivity index is 0.00000124. The van der Waals surface area contributed by atoms with Gasteiger partial charge >= 0.3 is 117 Å². The van der Waals surface area contributed by atoms with Crippen LogP contribution in [0.2, 0.25) is 0 Å². The van der Waals surface area contributed by atoms with E-state index in [1.54, 1.807) is 68.8 Å². The standard InChI is InChI=1S/C27H35BBr2N2O5.C14H16BBr2ClO3.C13H20N2O2.CH2O3.2K.H/c1-16-18(11-10-12-21(16)35-9)23(33)31-32(25(2,3)4)24(34)17-13-14-19(22(29)30)20(15-17)28-36-26(5,6)27(7,8)37-28;1-13(2)14(3,4)21-15(20-13)10-7-8(12(18)19)5-6-9(10)11(16)17;1-9-10(7-6-8-11(9)17-5)12(16)14-15-13(2,3)4;2-1-4-3;;;/h10-15,22H,1-9H3,(H,31,33);5-7,11H,1-4H3;6-8,15H,1-5H3,(H,14,16);1,3H;;;/q;;;;2*+1;-1/p-1. The van der Waals surface area contributed by atoms with Crippen LogP contribution in [0.25, 0.3) is 0 Å². The van der Waals surface area contributed by atoms with Crippen LogP contribution in [0.4, 0.5) is 0 Å². The van der Waals surface area contributed by atoms with Gasteiger partial charge in [-0.3, -0.25) is 34.8 Å². The molecule has 0 atom stereocenters. The number of methoxy groups -OCH3 is 2. The number of nitrogens with one attached hydrogen (secondary N) is 3. The molecule has 0 aromatic heterocycles. The number of halogens is 5. The molecule has 0 spiro atoms. The molecular weight excluding hydrogens is 1380 g/mol. The molecule has 0 radical (unpaired) electrons. The molecule has 0 aliphatic carbocycles. The molecule has 0 saturated carbocycles. The Morgan fingerprint density at radius 3 is 1.33 bits per heavy atom. The third-order valence-electron chi connectivity index (χ3n) is 13.3. The van der Waals surface area contributed by atoms with Crippen molar-refractivity contribution in [3.8, 4) is 11.5 Å². The summed E-state index contributed by atoms with van der Waals surface area (Å²) in [5.74, 6) is 0.405. The zero-order valence-electron chi connectivity index (χ0n) is 51.0. The second kappa shape index (κ2) is 33.1. The first kappa shape index (κ1) is 78.4. The zero-order valence-corrected chi connectivity index (χ0v) is 63.3. The van der Waals surface area contributed by atoms with Crippen LogP contribution in [0.5, 0.6) is 11.5 Å². The van der Waals surface area contributed by atoms with E-state index < -0.39 is 53.3 Å². The molecule has 26 heteroatoms. The molecule has 2 aliphatic heterocycles. The predicted molar refractivity (Wildman–Crippen MR) is 323 cm³/mol. The van der Waals surface area contributed by atoms with Crippen molar-refractivity contribution in [3.05, 3.63) is 117 Å². The van der Waals surface area contributed by atoms with Gasteiger partial charge in [-0.15, -0.1) is 0 Å². The van der Waals surface area contributed by atoms with Gasteiger partial charge in [0.05, 0.1) is 49.6 Å². The number of alkyl halides is 4. The van der Waals surface area contributed by atoms with E-state index in [1.807, 2.05) is 129 Å². The minimum absolute atomic E-state index is 0. The summed E-state index contributed by atoms with van der Waals surface area (Å²) >= 11 is 19.7. The van der Waals surface area contributed by atoms with Gasteiger partial charge in [0.2, 0.25) is 0 Å². The van der Waals surface area contributed by atoms with E-state index in [0.29, 0.717) is 39.3 Å². The maximum absolute atomic E-state index is 13.9. The molecule has 2 saturated heterocycles.